The Morgan fingerprint density at radius 3 is 2.48 bits per heavy atom. The lowest BCUT2D eigenvalue weighted by atomic mass is 10.0. The number of anilines is 1. The van der Waals surface area contributed by atoms with Crippen LogP contribution in [0.4, 0.5) is 5.95 Å². The topological polar surface area (TPSA) is 73.3 Å². The van der Waals surface area contributed by atoms with Crippen LogP contribution in [-0.4, -0.2) is 35.2 Å². The van der Waals surface area contributed by atoms with E-state index in [1.165, 1.54) is 7.11 Å². The summed E-state index contributed by atoms with van der Waals surface area (Å²) >= 11 is 0. The van der Waals surface area contributed by atoms with Gasteiger partial charge in [-0.15, -0.1) is 0 Å². The number of carbonyl (C=O) groups is 1. The quantitative estimate of drug-likeness (QED) is 0.779. The number of esters is 1. The molecule has 1 heterocycles. The highest BCUT2D eigenvalue weighted by Crippen LogP contribution is 2.16. The molecular formula is C15H25N3O3. The normalized spacial score (nSPS) is 12.4. The highest BCUT2D eigenvalue weighted by atomic mass is 16.5. The van der Waals surface area contributed by atoms with E-state index in [9.17, 15) is 4.79 Å². The van der Waals surface area contributed by atoms with Gasteiger partial charge >= 0.3 is 5.97 Å². The van der Waals surface area contributed by atoms with Crippen LogP contribution < -0.4 is 10.1 Å². The average Bonchev–Trinajstić information content (AvgIpc) is 2.34. The van der Waals surface area contributed by atoms with Crippen molar-refractivity contribution in [3.8, 4) is 5.88 Å². The summed E-state index contributed by atoms with van der Waals surface area (Å²) in [5.74, 6) is 0.896. The molecule has 1 aromatic rings. The average molecular weight is 295 g/mol. The lowest BCUT2D eigenvalue weighted by Crippen LogP contribution is -2.33. The Hall–Kier alpha value is -1.85. The number of rotatable bonds is 7. The molecule has 0 aliphatic rings. The summed E-state index contributed by atoms with van der Waals surface area (Å²) in [6.07, 6.45) is 0.670. The first-order chi connectivity index (χ1) is 9.81. The number of hydrogen-bond acceptors (Lipinski definition) is 6. The van der Waals surface area contributed by atoms with E-state index in [0.717, 1.165) is 5.69 Å². The second kappa shape index (κ2) is 7.81. The van der Waals surface area contributed by atoms with Crippen molar-refractivity contribution in [2.24, 2.45) is 5.92 Å². The van der Waals surface area contributed by atoms with Crippen molar-refractivity contribution in [3.05, 3.63) is 11.8 Å². The fourth-order valence-electron chi connectivity index (χ4n) is 1.89. The minimum absolute atomic E-state index is 0.0271. The Morgan fingerprint density at radius 1 is 1.29 bits per heavy atom. The summed E-state index contributed by atoms with van der Waals surface area (Å²) in [5.41, 5.74) is 0.774. The molecule has 1 unspecified atom stereocenters. The van der Waals surface area contributed by atoms with Gasteiger partial charge in [0, 0.05) is 11.8 Å². The smallest absolute Gasteiger partial charge is 0.328 e. The minimum Gasteiger partial charge on any atom is -0.475 e. The van der Waals surface area contributed by atoms with Crippen LogP contribution in [-0.2, 0) is 9.53 Å². The van der Waals surface area contributed by atoms with Crippen molar-refractivity contribution >= 4 is 11.9 Å². The molecule has 0 aliphatic heterocycles. The summed E-state index contributed by atoms with van der Waals surface area (Å²) in [7, 11) is 1.38. The van der Waals surface area contributed by atoms with E-state index in [-0.39, 0.29) is 12.1 Å². The maximum absolute atomic E-state index is 11.8. The van der Waals surface area contributed by atoms with Gasteiger partial charge in [0.25, 0.3) is 0 Å². The largest absolute Gasteiger partial charge is 0.475 e. The van der Waals surface area contributed by atoms with Gasteiger partial charge in [-0.2, -0.15) is 4.98 Å². The van der Waals surface area contributed by atoms with Gasteiger partial charge in [-0.25, -0.2) is 9.78 Å². The van der Waals surface area contributed by atoms with E-state index in [1.807, 2.05) is 34.6 Å². The molecule has 6 heteroatoms. The zero-order valence-corrected chi connectivity index (χ0v) is 13.6. The molecule has 0 bridgehead atoms. The van der Waals surface area contributed by atoms with Crippen molar-refractivity contribution in [3.63, 3.8) is 0 Å². The zero-order valence-electron chi connectivity index (χ0n) is 13.6. The third kappa shape index (κ3) is 5.97. The van der Waals surface area contributed by atoms with E-state index in [1.54, 1.807) is 6.07 Å². The van der Waals surface area contributed by atoms with Gasteiger partial charge < -0.3 is 14.8 Å². The highest BCUT2D eigenvalue weighted by molar-refractivity contribution is 5.78. The van der Waals surface area contributed by atoms with Gasteiger partial charge in [0.05, 0.1) is 13.2 Å². The summed E-state index contributed by atoms with van der Waals surface area (Å²) in [6, 6.07) is 1.30. The van der Waals surface area contributed by atoms with Crippen LogP contribution in [0.15, 0.2) is 6.07 Å². The zero-order chi connectivity index (χ0) is 16.0. The molecule has 0 saturated heterocycles. The van der Waals surface area contributed by atoms with Crippen LogP contribution in [0.1, 0.15) is 39.8 Å². The van der Waals surface area contributed by atoms with Crippen molar-refractivity contribution < 1.29 is 14.3 Å². The molecular weight excluding hydrogens is 270 g/mol. The molecule has 118 valence electrons. The first-order valence-electron chi connectivity index (χ1n) is 7.18. The maximum atomic E-state index is 11.8. The SMILES string of the molecule is COC(=O)C(CC(C)C)Nc1nc(C)cc(OC(C)C)n1. The Balaban J connectivity index is 2.92. The van der Waals surface area contributed by atoms with Gasteiger partial charge in [-0.05, 0) is 33.1 Å². The van der Waals surface area contributed by atoms with Gasteiger partial charge in [0.15, 0.2) is 0 Å². The second-order valence-corrected chi connectivity index (χ2v) is 5.69. The van der Waals surface area contributed by atoms with Crippen LogP contribution in [0.25, 0.3) is 0 Å². The second-order valence-electron chi connectivity index (χ2n) is 5.69. The Morgan fingerprint density at radius 2 is 1.95 bits per heavy atom. The minimum atomic E-state index is -0.469. The predicted molar refractivity (Wildman–Crippen MR) is 81.4 cm³/mol. The monoisotopic (exact) mass is 295 g/mol. The number of methoxy groups -OCH3 is 1. The van der Waals surface area contributed by atoms with Gasteiger partial charge in [-0.1, -0.05) is 13.8 Å². The third-order valence-corrected chi connectivity index (χ3v) is 2.68. The van der Waals surface area contributed by atoms with E-state index in [0.29, 0.717) is 24.2 Å². The first kappa shape index (κ1) is 17.2. The van der Waals surface area contributed by atoms with Crippen LogP contribution >= 0.6 is 0 Å². The maximum Gasteiger partial charge on any atom is 0.328 e. The predicted octanol–water partition coefficient (Wildman–Crippen LogP) is 2.57. The number of carbonyl (C=O) groups excluding carboxylic acids is 1. The van der Waals surface area contributed by atoms with Crippen molar-refractivity contribution in [2.75, 3.05) is 12.4 Å². The number of aromatic nitrogens is 2. The molecule has 1 rings (SSSR count). The van der Waals surface area contributed by atoms with Crippen molar-refractivity contribution in [2.45, 2.75) is 53.2 Å². The molecule has 0 spiro atoms. The van der Waals surface area contributed by atoms with Gasteiger partial charge in [0.1, 0.15) is 6.04 Å². The lowest BCUT2D eigenvalue weighted by molar-refractivity contribution is -0.141. The van der Waals surface area contributed by atoms with Gasteiger partial charge in [-0.3, -0.25) is 0 Å². The van der Waals surface area contributed by atoms with E-state index in [4.69, 9.17) is 9.47 Å². The van der Waals surface area contributed by atoms with Crippen molar-refractivity contribution in [1.29, 1.82) is 0 Å². The summed E-state index contributed by atoms with van der Waals surface area (Å²) < 4.78 is 10.4. The first-order valence-corrected chi connectivity index (χ1v) is 7.18. The summed E-state index contributed by atoms with van der Waals surface area (Å²) in [4.78, 5) is 20.4. The number of aryl methyl sites for hydroxylation is 1. The lowest BCUT2D eigenvalue weighted by Gasteiger charge is -2.19. The third-order valence-electron chi connectivity index (χ3n) is 2.68. The molecule has 0 fully saturated rings. The summed E-state index contributed by atoms with van der Waals surface area (Å²) in [6.45, 7) is 9.81. The standard InChI is InChI=1S/C15H25N3O3/c1-9(2)7-12(14(19)20-6)17-15-16-11(5)8-13(18-15)21-10(3)4/h8-10,12H,7H2,1-6H3,(H,16,17,18). The number of hydrogen-bond donors (Lipinski definition) is 1. The number of nitrogens with one attached hydrogen (secondary N) is 1. The van der Waals surface area contributed by atoms with Crippen LogP contribution in [0, 0.1) is 12.8 Å². The fourth-order valence-corrected chi connectivity index (χ4v) is 1.89. The van der Waals surface area contributed by atoms with Crippen LogP contribution in [0.5, 0.6) is 5.88 Å². The highest BCUT2D eigenvalue weighted by Gasteiger charge is 2.21. The molecule has 6 nitrogen and oxygen atoms in total. The van der Waals surface area contributed by atoms with Crippen LogP contribution in [0.3, 0.4) is 0 Å². The fraction of sp³-hybridized carbons (Fsp3) is 0.667. The molecule has 0 amide bonds. The number of ether oxygens (including phenoxy) is 2. The molecule has 1 aromatic heterocycles. The van der Waals surface area contributed by atoms with Gasteiger partial charge in [0.2, 0.25) is 11.8 Å². The molecule has 0 aromatic carbocycles. The van der Waals surface area contributed by atoms with E-state index in [2.05, 4.69) is 15.3 Å². The van der Waals surface area contributed by atoms with Crippen molar-refractivity contribution in [1.82, 2.24) is 9.97 Å². The molecule has 0 aliphatic carbocycles. The molecule has 21 heavy (non-hydrogen) atoms. The Bertz CT molecular complexity index is 475. The van der Waals surface area contributed by atoms with Crippen LogP contribution in [0.2, 0.25) is 0 Å². The molecule has 0 radical (unpaired) electrons. The molecule has 1 N–H and O–H groups in total. The Kier molecular flexibility index (Phi) is 6.39. The van der Waals surface area contributed by atoms with E-state index >= 15 is 0 Å². The number of nitrogens with zero attached hydrogens (tertiary/aromatic N) is 2. The molecule has 0 saturated carbocycles. The Labute approximate surface area is 126 Å². The summed E-state index contributed by atoms with van der Waals surface area (Å²) in [5, 5.41) is 3.04. The van der Waals surface area contributed by atoms with E-state index < -0.39 is 6.04 Å². The molecule has 1 atom stereocenters.